The lowest BCUT2D eigenvalue weighted by Gasteiger charge is -2.35. The van der Waals surface area contributed by atoms with Gasteiger partial charge in [-0.2, -0.15) is 0 Å². The first-order valence-corrected chi connectivity index (χ1v) is 10.8. The van der Waals surface area contributed by atoms with Crippen molar-refractivity contribution in [3.05, 3.63) is 71.3 Å². The van der Waals surface area contributed by atoms with Gasteiger partial charge in [0.1, 0.15) is 0 Å². The number of carbonyl (C=O) groups excluding carboxylic acids is 2. The molecule has 0 aliphatic carbocycles. The molecule has 3 rings (SSSR count). The fourth-order valence-corrected chi connectivity index (χ4v) is 4.08. The predicted molar refractivity (Wildman–Crippen MR) is 117 cm³/mol. The summed E-state index contributed by atoms with van der Waals surface area (Å²) in [5, 5.41) is 0. The van der Waals surface area contributed by atoms with Crippen molar-refractivity contribution < 1.29 is 9.59 Å². The average molecular weight is 393 g/mol. The summed E-state index contributed by atoms with van der Waals surface area (Å²) in [5.41, 5.74) is 2.28. The summed E-state index contributed by atoms with van der Waals surface area (Å²) >= 11 is 0. The molecule has 0 bridgehead atoms. The van der Waals surface area contributed by atoms with Gasteiger partial charge < -0.3 is 9.80 Å². The number of rotatable bonds is 6. The number of piperidine rings is 1. The van der Waals surface area contributed by atoms with Crippen LogP contribution in [0.4, 0.5) is 0 Å². The molecule has 2 aromatic rings. The minimum absolute atomic E-state index is 0.0378. The molecule has 0 saturated carbocycles. The van der Waals surface area contributed by atoms with E-state index < -0.39 is 0 Å². The zero-order chi connectivity index (χ0) is 20.8. The molecular weight excluding hydrogens is 360 g/mol. The lowest BCUT2D eigenvalue weighted by Crippen LogP contribution is -2.43. The first kappa shape index (κ1) is 21.1. The average Bonchev–Trinajstić information content (AvgIpc) is 2.77. The molecule has 1 aliphatic rings. The van der Waals surface area contributed by atoms with Gasteiger partial charge in [-0.1, -0.05) is 43.3 Å². The molecule has 4 nitrogen and oxygen atoms in total. The molecule has 4 heteroatoms. The van der Waals surface area contributed by atoms with E-state index in [4.69, 9.17) is 0 Å². The van der Waals surface area contributed by atoms with E-state index in [-0.39, 0.29) is 17.9 Å². The molecule has 1 unspecified atom stereocenters. The first-order chi connectivity index (χ1) is 14.0. The Kier molecular flexibility index (Phi) is 7.08. The molecule has 154 valence electrons. The summed E-state index contributed by atoms with van der Waals surface area (Å²) in [6, 6.07) is 17.6. The Balaban J connectivity index is 1.81. The SMILES string of the molecule is CCC1CCCCN1C(=O)c1cccc(C(=O)N(Cc2ccccc2)C(C)C)c1. The molecule has 1 saturated heterocycles. The fraction of sp³-hybridized carbons (Fsp3) is 0.440. The van der Waals surface area contributed by atoms with Crippen molar-refractivity contribution in [1.82, 2.24) is 9.80 Å². The maximum Gasteiger partial charge on any atom is 0.254 e. The van der Waals surface area contributed by atoms with Gasteiger partial charge in [-0.25, -0.2) is 0 Å². The van der Waals surface area contributed by atoms with Gasteiger partial charge in [0.2, 0.25) is 0 Å². The quantitative estimate of drug-likeness (QED) is 0.683. The van der Waals surface area contributed by atoms with E-state index >= 15 is 0 Å². The van der Waals surface area contributed by atoms with Crippen LogP contribution in [0.15, 0.2) is 54.6 Å². The second kappa shape index (κ2) is 9.73. The van der Waals surface area contributed by atoms with Crippen molar-refractivity contribution in [3.8, 4) is 0 Å². The van der Waals surface area contributed by atoms with Gasteiger partial charge in [-0.15, -0.1) is 0 Å². The highest BCUT2D eigenvalue weighted by atomic mass is 16.2. The normalized spacial score (nSPS) is 16.7. The Hall–Kier alpha value is -2.62. The van der Waals surface area contributed by atoms with Crippen LogP contribution in [0, 0.1) is 0 Å². The van der Waals surface area contributed by atoms with E-state index in [1.807, 2.05) is 72.2 Å². The van der Waals surface area contributed by atoms with Crippen LogP contribution < -0.4 is 0 Å². The number of likely N-dealkylation sites (tertiary alicyclic amines) is 1. The molecule has 0 N–H and O–H groups in total. The maximum absolute atomic E-state index is 13.3. The summed E-state index contributed by atoms with van der Waals surface area (Å²) in [6.07, 6.45) is 4.28. The summed E-state index contributed by atoms with van der Waals surface area (Å²) in [6.45, 7) is 7.55. The van der Waals surface area contributed by atoms with Crippen LogP contribution in [-0.4, -0.2) is 40.2 Å². The Labute approximate surface area is 174 Å². The highest BCUT2D eigenvalue weighted by Gasteiger charge is 2.27. The van der Waals surface area contributed by atoms with Gasteiger partial charge in [0.15, 0.2) is 0 Å². The molecule has 0 aromatic heterocycles. The fourth-order valence-electron chi connectivity index (χ4n) is 4.08. The molecule has 1 aliphatic heterocycles. The lowest BCUT2D eigenvalue weighted by atomic mass is 9.98. The molecule has 1 fully saturated rings. The van der Waals surface area contributed by atoms with Gasteiger partial charge in [0, 0.05) is 36.3 Å². The van der Waals surface area contributed by atoms with E-state index in [0.717, 1.165) is 31.4 Å². The third-order valence-corrected chi connectivity index (χ3v) is 5.80. The standard InChI is InChI=1S/C25H32N2O2/c1-4-23-15-8-9-16-26(23)24(28)21-13-10-14-22(17-21)25(29)27(19(2)3)18-20-11-6-5-7-12-20/h5-7,10-14,17,19,23H,4,8-9,15-16,18H2,1-3H3. The highest BCUT2D eigenvalue weighted by molar-refractivity contribution is 6.00. The van der Waals surface area contributed by atoms with Crippen LogP contribution in [0.1, 0.15) is 72.7 Å². The number of amides is 2. The van der Waals surface area contributed by atoms with E-state index in [2.05, 4.69) is 6.92 Å². The molecular formula is C25H32N2O2. The Morgan fingerprint density at radius 3 is 2.45 bits per heavy atom. The Morgan fingerprint density at radius 2 is 1.76 bits per heavy atom. The van der Waals surface area contributed by atoms with Crippen LogP contribution in [0.3, 0.4) is 0 Å². The van der Waals surface area contributed by atoms with Gasteiger partial charge in [0.25, 0.3) is 11.8 Å². The van der Waals surface area contributed by atoms with E-state index in [1.54, 1.807) is 6.07 Å². The number of carbonyl (C=O) groups is 2. The monoisotopic (exact) mass is 392 g/mol. The van der Waals surface area contributed by atoms with Crippen LogP contribution in [-0.2, 0) is 6.54 Å². The minimum Gasteiger partial charge on any atom is -0.336 e. The second-order valence-electron chi connectivity index (χ2n) is 8.15. The molecule has 0 spiro atoms. The molecule has 2 aromatic carbocycles. The number of hydrogen-bond acceptors (Lipinski definition) is 2. The number of benzene rings is 2. The first-order valence-electron chi connectivity index (χ1n) is 10.8. The third kappa shape index (κ3) is 5.06. The van der Waals surface area contributed by atoms with Crippen molar-refractivity contribution in [2.75, 3.05) is 6.54 Å². The highest BCUT2D eigenvalue weighted by Crippen LogP contribution is 2.23. The predicted octanol–water partition coefficient (Wildman–Crippen LogP) is 5.14. The maximum atomic E-state index is 13.3. The third-order valence-electron chi connectivity index (χ3n) is 5.80. The summed E-state index contributed by atoms with van der Waals surface area (Å²) in [4.78, 5) is 30.3. The summed E-state index contributed by atoms with van der Waals surface area (Å²) in [5.74, 6) is 0.00884. The van der Waals surface area contributed by atoms with Crippen LogP contribution >= 0.6 is 0 Å². The molecule has 29 heavy (non-hydrogen) atoms. The van der Waals surface area contributed by atoms with Crippen molar-refractivity contribution in [2.24, 2.45) is 0 Å². The van der Waals surface area contributed by atoms with Gasteiger partial charge >= 0.3 is 0 Å². The Bertz CT molecular complexity index is 832. The Morgan fingerprint density at radius 1 is 1.03 bits per heavy atom. The summed E-state index contributed by atoms with van der Waals surface area (Å²) < 4.78 is 0. The van der Waals surface area contributed by atoms with Gasteiger partial charge in [-0.3, -0.25) is 9.59 Å². The van der Waals surface area contributed by atoms with Crippen molar-refractivity contribution in [2.45, 2.75) is 65.1 Å². The molecule has 2 amide bonds. The van der Waals surface area contributed by atoms with Crippen molar-refractivity contribution in [1.29, 1.82) is 0 Å². The molecule has 0 radical (unpaired) electrons. The van der Waals surface area contributed by atoms with Crippen molar-refractivity contribution >= 4 is 11.8 Å². The minimum atomic E-state index is -0.0378. The number of hydrogen-bond donors (Lipinski definition) is 0. The molecule has 1 heterocycles. The van der Waals surface area contributed by atoms with Crippen LogP contribution in [0.2, 0.25) is 0 Å². The second-order valence-corrected chi connectivity index (χ2v) is 8.15. The number of nitrogens with zero attached hydrogens (tertiary/aromatic N) is 2. The van der Waals surface area contributed by atoms with Gasteiger partial charge in [0.05, 0.1) is 0 Å². The zero-order valence-electron chi connectivity index (χ0n) is 17.8. The lowest BCUT2D eigenvalue weighted by molar-refractivity contribution is 0.0608. The van der Waals surface area contributed by atoms with Crippen LogP contribution in [0.5, 0.6) is 0 Å². The van der Waals surface area contributed by atoms with E-state index in [9.17, 15) is 9.59 Å². The van der Waals surface area contributed by atoms with Gasteiger partial charge in [-0.05, 0) is 63.3 Å². The molecule has 1 atom stereocenters. The van der Waals surface area contributed by atoms with Crippen molar-refractivity contribution in [3.63, 3.8) is 0 Å². The van der Waals surface area contributed by atoms with E-state index in [1.165, 1.54) is 6.42 Å². The largest absolute Gasteiger partial charge is 0.336 e. The smallest absolute Gasteiger partial charge is 0.254 e. The topological polar surface area (TPSA) is 40.6 Å². The van der Waals surface area contributed by atoms with Crippen LogP contribution in [0.25, 0.3) is 0 Å². The summed E-state index contributed by atoms with van der Waals surface area (Å²) in [7, 11) is 0. The van der Waals surface area contributed by atoms with E-state index in [0.29, 0.717) is 23.7 Å². The zero-order valence-corrected chi connectivity index (χ0v) is 17.8.